The molecule has 114 valence electrons. The third-order valence-corrected chi connectivity index (χ3v) is 3.49. The summed E-state index contributed by atoms with van der Waals surface area (Å²) in [7, 11) is 0. The van der Waals surface area contributed by atoms with Gasteiger partial charge in [0.1, 0.15) is 5.69 Å². The van der Waals surface area contributed by atoms with Gasteiger partial charge in [-0.2, -0.15) is 0 Å². The van der Waals surface area contributed by atoms with E-state index in [1.54, 1.807) is 0 Å². The molecule has 0 aliphatic carbocycles. The molecule has 0 radical (unpaired) electrons. The van der Waals surface area contributed by atoms with Crippen LogP contribution in [0.25, 0.3) is 0 Å². The second kappa shape index (κ2) is 6.36. The first-order valence-electron chi connectivity index (χ1n) is 6.28. The lowest BCUT2D eigenvalue weighted by atomic mass is 10.1. The topological polar surface area (TPSA) is 69.6 Å². The Hall–Kier alpha value is -1.73. The fourth-order valence-corrected chi connectivity index (χ4v) is 2.33. The second-order valence-electron chi connectivity index (χ2n) is 4.79. The minimum atomic E-state index is -1.13. The summed E-state index contributed by atoms with van der Waals surface area (Å²) in [5.41, 5.74) is -0.712. The summed E-state index contributed by atoms with van der Waals surface area (Å²) in [4.78, 5) is 24.9. The molecule has 2 N–H and O–H groups in total. The van der Waals surface area contributed by atoms with Crippen molar-refractivity contribution < 1.29 is 23.5 Å². The van der Waals surface area contributed by atoms with Gasteiger partial charge in [-0.3, -0.25) is 9.59 Å². The summed E-state index contributed by atoms with van der Waals surface area (Å²) < 4.78 is 27.1. The van der Waals surface area contributed by atoms with E-state index in [1.165, 1.54) is 4.90 Å². The van der Waals surface area contributed by atoms with Crippen molar-refractivity contribution in [3.8, 4) is 0 Å². The van der Waals surface area contributed by atoms with Crippen LogP contribution in [0, 0.1) is 17.6 Å². The number of halogens is 3. The summed E-state index contributed by atoms with van der Waals surface area (Å²) in [6.07, 6.45) is 0.583. The Morgan fingerprint density at radius 1 is 1.38 bits per heavy atom. The molecule has 0 spiro atoms. The molecule has 1 aliphatic heterocycles. The highest BCUT2D eigenvalue weighted by Crippen LogP contribution is 2.23. The number of amides is 2. The number of nitrogens with one attached hydrogen (secondary N) is 1. The van der Waals surface area contributed by atoms with Gasteiger partial charge in [0.05, 0.1) is 0 Å². The van der Waals surface area contributed by atoms with E-state index in [0.717, 1.165) is 12.1 Å². The van der Waals surface area contributed by atoms with E-state index in [-0.39, 0.29) is 24.1 Å². The van der Waals surface area contributed by atoms with Gasteiger partial charge in [0.2, 0.25) is 0 Å². The number of aliphatic hydroxyl groups excluding tert-OH is 1. The Morgan fingerprint density at radius 3 is 2.52 bits per heavy atom. The molecule has 1 aliphatic rings. The molecule has 1 saturated heterocycles. The summed E-state index contributed by atoms with van der Waals surface area (Å²) in [5.74, 6) is -4.22. The normalized spacial score (nSPS) is 17.9. The Bertz CT molecular complexity index is 560. The molecule has 1 atom stereocenters. The van der Waals surface area contributed by atoms with Crippen molar-refractivity contribution in [1.82, 2.24) is 4.90 Å². The number of benzene rings is 1. The Labute approximate surface area is 124 Å². The number of aliphatic hydroxyl groups is 1. The van der Waals surface area contributed by atoms with E-state index in [0.29, 0.717) is 13.0 Å². The Balaban J connectivity index is 2.07. The van der Waals surface area contributed by atoms with Crippen LogP contribution in [0.3, 0.4) is 0 Å². The van der Waals surface area contributed by atoms with Gasteiger partial charge in [0.25, 0.3) is 0 Å². The highest BCUT2D eigenvalue weighted by atomic mass is 35.5. The number of hydrogen-bond acceptors (Lipinski definition) is 3. The highest BCUT2D eigenvalue weighted by molar-refractivity contribution is 6.39. The van der Waals surface area contributed by atoms with Crippen molar-refractivity contribution in [2.45, 2.75) is 6.42 Å². The predicted octanol–water partition coefficient (Wildman–Crippen LogP) is 1.40. The van der Waals surface area contributed by atoms with Crippen LogP contribution >= 0.6 is 11.6 Å². The third-order valence-electron chi connectivity index (χ3n) is 3.27. The standard InChI is InChI=1S/C13H13ClF2N2O3/c14-8-3-9(15)11(10(16)4-8)17-12(20)13(21)18-2-1-7(5-18)6-19/h3-4,7,19H,1-2,5-6H2,(H,17,20). The summed E-state index contributed by atoms with van der Waals surface area (Å²) in [5, 5.41) is 10.7. The molecular formula is C13H13ClF2N2O3. The fourth-order valence-electron chi connectivity index (χ4n) is 2.14. The minimum absolute atomic E-state index is 0.0775. The molecule has 0 saturated carbocycles. The number of nitrogens with zero attached hydrogens (tertiary/aromatic N) is 1. The zero-order chi connectivity index (χ0) is 15.6. The fraction of sp³-hybridized carbons (Fsp3) is 0.385. The summed E-state index contributed by atoms with van der Waals surface area (Å²) in [6, 6.07) is 1.67. The first kappa shape index (κ1) is 15.7. The SMILES string of the molecule is O=C(Nc1c(F)cc(Cl)cc1F)C(=O)N1CCC(CO)C1. The Kier molecular flexibility index (Phi) is 4.74. The zero-order valence-corrected chi connectivity index (χ0v) is 11.7. The molecule has 0 aromatic heterocycles. The predicted molar refractivity (Wildman–Crippen MR) is 71.8 cm³/mol. The van der Waals surface area contributed by atoms with Gasteiger partial charge in [-0.05, 0) is 18.6 Å². The van der Waals surface area contributed by atoms with Crippen LogP contribution in [-0.2, 0) is 9.59 Å². The third kappa shape index (κ3) is 3.48. The summed E-state index contributed by atoms with van der Waals surface area (Å²) >= 11 is 5.47. The van der Waals surface area contributed by atoms with Crippen molar-refractivity contribution in [3.05, 3.63) is 28.8 Å². The van der Waals surface area contributed by atoms with Gasteiger partial charge in [-0.25, -0.2) is 8.78 Å². The van der Waals surface area contributed by atoms with Crippen LogP contribution in [0.2, 0.25) is 5.02 Å². The number of anilines is 1. The van der Waals surface area contributed by atoms with Crippen LogP contribution in [0.15, 0.2) is 12.1 Å². The maximum atomic E-state index is 13.5. The van der Waals surface area contributed by atoms with Gasteiger partial charge >= 0.3 is 11.8 Å². The van der Waals surface area contributed by atoms with E-state index in [9.17, 15) is 18.4 Å². The molecule has 8 heteroatoms. The monoisotopic (exact) mass is 318 g/mol. The highest BCUT2D eigenvalue weighted by Gasteiger charge is 2.30. The van der Waals surface area contributed by atoms with Crippen molar-refractivity contribution in [2.24, 2.45) is 5.92 Å². The van der Waals surface area contributed by atoms with Crippen LogP contribution in [-0.4, -0.2) is 41.5 Å². The van der Waals surface area contributed by atoms with E-state index in [1.807, 2.05) is 5.32 Å². The Morgan fingerprint density at radius 2 is 2.00 bits per heavy atom. The lowest BCUT2D eigenvalue weighted by Crippen LogP contribution is -2.38. The second-order valence-corrected chi connectivity index (χ2v) is 5.22. The van der Waals surface area contributed by atoms with Gasteiger partial charge in [-0.15, -0.1) is 0 Å². The first-order chi connectivity index (χ1) is 9.92. The first-order valence-corrected chi connectivity index (χ1v) is 6.65. The molecule has 1 unspecified atom stereocenters. The maximum Gasteiger partial charge on any atom is 0.314 e. The van der Waals surface area contributed by atoms with Gasteiger partial charge in [-0.1, -0.05) is 11.6 Å². The summed E-state index contributed by atoms with van der Waals surface area (Å²) in [6.45, 7) is 0.489. The van der Waals surface area contributed by atoms with E-state index < -0.39 is 29.1 Å². The van der Waals surface area contributed by atoms with Crippen molar-refractivity contribution in [1.29, 1.82) is 0 Å². The van der Waals surface area contributed by atoms with Crippen LogP contribution in [0.5, 0.6) is 0 Å². The lowest BCUT2D eigenvalue weighted by Gasteiger charge is -2.16. The number of carbonyl (C=O) groups is 2. The van der Waals surface area contributed by atoms with Gasteiger partial charge in [0.15, 0.2) is 11.6 Å². The average molecular weight is 319 g/mol. The number of carbonyl (C=O) groups excluding carboxylic acids is 2. The largest absolute Gasteiger partial charge is 0.396 e. The van der Waals surface area contributed by atoms with E-state index in [4.69, 9.17) is 16.7 Å². The quantitative estimate of drug-likeness (QED) is 0.810. The molecule has 0 bridgehead atoms. The van der Waals surface area contributed by atoms with Crippen LogP contribution in [0.1, 0.15) is 6.42 Å². The molecule has 2 amide bonds. The number of rotatable bonds is 2. The van der Waals surface area contributed by atoms with Gasteiger partial charge in [0, 0.05) is 30.6 Å². The van der Waals surface area contributed by atoms with Crippen molar-refractivity contribution in [2.75, 3.05) is 25.0 Å². The lowest BCUT2D eigenvalue weighted by molar-refractivity contribution is -0.142. The molecule has 1 heterocycles. The molecule has 1 aromatic rings. The number of likely N-dealkylation sites (tertiary alicyclic amines) is 1. The molecule has 1 fully saturated rings. The number of hydrogen-bond donors (Lipinski definition) is 2. The minimum Gasteiger partial charge on any atom is -0.396 e. The average Bonchev–Trinajstić information content (AvgIpc) is 2.90. The molecule has 2 rings (SSSR count). The van der Waals surface area contributed by atoms with E-state index in [2.05, 4.69) is 0 Å². The van der Waals surface area contributed by atoms with Crippen LogP contribution in [0.4, 0.5) is 14.5 Å². The molecule has 5 nitrogen and oxygen atoms in total. The van der Waals surface area contributed by atoms with E-state index >= 15 is 0 Å². The van der Waals surface area contributed by atoms with Crippen molar-refractivity contribution in [3.63, 3.8) is 0 Å². The maximum absolute atomic E-state index is 13.5. The zero-order valence-electron chi connectivity index (χ0n) is 10.9. The van der Waals surface area contributed by atoms with Crippen LogP contribution < -0.4 is 5.32 Å². The van der Waals surface area contributed by atoms with Gasteiger partial charge < -0.3 is 15.3 Å². The molecule has 1 aromatic carbocycles. The molecular weight excluding hydrogens is 306 g/mol. The smallest absolute Gasteiger partial charge is 0.314 e. The molecule has 21 heavy (non-hydrogen) atoms. The van der Waals surface area contributed by atoms with Crippen molar-refractivity contribution >= 4 is 29.1 Å².